The van der Waals surface area contributed by atoms with Crippen molar-refractivity contribution >= 4 is 34.4 Å². The molecule has 1 amide bonds. The molecule has 0 aliphatic carbocycles. The number of nitrogens with one attached hydrogen (secondary N) is 1. The van der Waals surface area contributed by atoms with Crippen LogP contribution in [0.2, 0.25) is 0 Å². The number of hydrogen-bond donors (Lipinski definition) is 1. The molecule has 1 N–H and O–H groups in total. The number of carbonyl (C=O) groups is 1. The maximum Gasteiger partial charge on any atom is 0.414 e. The minimum Gasteiger partial charge on any atom is -0.443 e. The van der Waals surface area contributed by atoms with E-state index in [4.69, 9.17) is 4.74 Å². The number of aromatic nitrogens is 3. The van der Waals surface area contributed by atoms with E-state index in [2.05, 4.69) is 15.3 Å². The van der Waals surface area contributed by atoms with Crippen LogP contribution in [0.3, 0.4) is 0 Å². The highest BCUT2D eigenvalue weighted by molar-refractivity contribution is 5.88. The van der Waals surface area contributed by atoms with Gasteiger partial charge in [0.25, 0.3) is 5.56 Å². The molecule has 8 heteroatoms. The van der Waals surface area contributed by atoms with Crippen molar-refractivity contribution in [2.75, 3.05) is 17.3 Å². The van der Waals surface area contributed by atoms with Gasteiger partial charge in [-0.25, -0.2) is 9.78 Å². The highest BCUT2D eigenvalue weighted by Crippen LogP contribution is 2.22. The van der Waals surface area contributed by atoms with E-state index in [1.807, 2.05) is 51.1 Å². The molecule has 33 heavy (non-hydrogen) atoms. The summed E-state index contributed by atoms with van der Waals surface area (Å²) in [6.45, 7) is 5.43. The number of rotatable bonds is 4. The molecule has 2 aromatic heterocycles. The quantitative estimate of drug-likeness (QED) is 0.483. The number of ether oxygens (including phenoxy) is 1. The summed E-state index contributed by atoms with van der Waals surface area (Å²) in [5.74, 6) is 0.370. The van der Waals surface area contributed by atoms with E-state index in [0.29, 0.717) is 28.4 Å². The van der Waals surface area contributed by atoms with E-state index in [1.54, 1.807) is 43.6 Å². The monoisotopic (exact) mass is 443 g/mol. The third-order valence-corrected chi connectivity index (χ3v) is 4.81. The molecule has 0 spiro atoms. The summed E-state index contributed by atoms with van der Waals surface area (Å²) in [6.07, 6.45) is 1.18. The number of amides is 1. The van der Waals surface area contributed by atoms with Crippen molar-refractivity contribution in [3.63, 3.8) is 0 Å². The Morgan fingerprint density at radius 1 is 1.03 bits per heavy atom. The largest absolute Gasteiger partial charge is 0.443 e. The molecule has 2 heterocycles. The molecule has 4 rings (SSSR count). The maximum atomic E-state index is 12.9. The number of para-hydroxylation sites is 1. The molecule has 0 atom stereocenters. The van der Waals surface area contributed by atoms with Crippen LogP contribution in [0.15, 0.2) is 77.7 Å². The normalized spacial score (nSPS) is 11.3. The number of carbonyl (C=O) groups excluding carboxylic acids is 1. The first kappa shape index (κ1) is 22.0. The summed E-state index contributed by atoms with van der Waals surface area (Å²) in [4.78, 5) is 35.8. The Bertz CT molecular complexity index is 1360. The lowest BCUT2D eigenvalue weighted by molar-refractivity contribution is 0.0589. The maximum absolute atomic E-state index is 12.9. The molecule has 0 saturated heterocycles. The van der Waals surface area contributed by atoms with E-state index in [0.717, 1.165) is 5.69 Å². The van der Waals surface area contributed by atoms with Gasteiger partial charge in [0.15, 0.2) is 5.65 Å². The molecule has 0 saturated carbocycles. The number of nitrogens with zero attached hydrogens (tertiary/aromatic N) is 4. The predicted octanol–water partition coefficient (Wildman–Crippen LogP) is 4.90. The number of benzene rings is 2. The Balaban J connectivity index is 1.75. The molecule has 8 nitrogen and oxygen atoms in total. The highest BCUT2D eigenvalue weighted by Gasteiger charge is 2.21. The molecular formula is C25H25N5O3. The van der Waals surface area contributed by atoms with E-state index in [-0.39, 0.29) is 5.56 Å². The fourth-order valence-electron chi connectivity index (χ4n) is 3.26. The number of hydrogen-bond acceptors (Lipinski definition) is 6. The molecule has 4 aromatic rings. The van der Waals surface area contributed by atoms with Gasteiger partial charge in [0.2, 0.25) is 5.95 Å². The molecule has 0 unspecified atom stereocenters. The molecule has 0 aliphatic heterocycles. The summed E-state index contributed by atoms with van der Waals surface area (Å²) in [6, 6.07) is 19.8. The van der Waals surface area contributed by atoms with Crippen LogP contribution in [0, 0.1) is 0 Å². The lowest BCUT2D eigenvalue weighted by Crippen LogP contribution is -2.34. The van der Waals surface area contributed by atoms with Crippen molar-refractivity contribution in [2.24, 2.45) is 0 Å². The Hall–Kier alpha value is -4.20. The predicted molar refractivity (Wildman–Crippen MR) is 129 cm³/mol. The smallest absolute Gasteiger partial charge is 0.414 e. The second-order valence-electron chi connectivity index (χ2n) is 8.53. The minimum absolute atomic E-state index is 0.246. The van der Waals surface area contributed by atoms with E-state index in [1.165, 1.54) is 15.5 Å². The van der Waals surface area contributed by atoms with Gasteiger partial charge in [-0.15, -0.1) is 0 Å². The van der Waals surface area contributed by atoms with Crippen molar-refractivity contribution in [1.29, 1.82) is 0 Å². The molecule has 168 valence electrons. The van der Waals surface area contributed by atoms with Gasteiger partial charge < -0.3 is 10.1 Å². The Kier molecular flexibility index (Phi) is 5.83. The molecule has 0 aliphatic rings. The highest BCUT2D eigenvalue weighted by atomic mass is 16.6. The molecular weight excluding hydrogens is 418 g/mol. The summed E-state index contributed by atoms with van der Waals surface area (Å²) < 4.78 is 6.95. The number of pyridine rings is 1. The average molecular weight is 444 g/mol. The zero-order valence-electron chi connectivity index (χ0n) is 18.9. The van der Waals surface area contributed by atoms with Gasteiger partial charge in [0.05, 0.1) is 5.69 Å². The zero-order chi connectivity index (χ0) is 23.6. The van der Waals surface area contributed by atoms with Crippen LogP contribution in [0.25, 0.3) is 16.7 Å². The van der Waals surface area contributed by atoms with Crippen molar-refractivity contribution in [2.45, 2.75) is 26.4 Å². The standard InChI is InChI=1S/C25H25N5O3/c1-25(2,3)33-24(32)29(4)19-11-8-12-20(15-19)30-21(31)14-13-17-16-26-23(28-22(17)30)27-18-9-6-5-7-10-18/h5-16H,1-4H3,(H,26,27,28). The van der Waals surface area contributed by atoms with Gasteiger partial charge in [-0.3, -0.25) is 14.3 Å². The fourth-order valence-corrected chi connectivity index (χ4v) is 3.26. The van der Waals surface area contributed by atoms with Crippen LogP contribution < -0.4 is 15.8 Å². The van der Waals surface area contributed by atoms with Crippen LogP contribution in [0.5, 0.6) is 0 Å². The van der Waals surface area contributed by atoms with Crippen LogP contribution >= 0.6 is 0 Å². The van der Waals surface area contributed by atoms with Crippen molar-refractivity contribution in [3.05, 3.63) is 83.3 Å². The van der Waals surface area contributed by atoms with Gasteiger partial charge >= 0.3 is 6.09 Å². The van der Waals surface area contributed by atoms with Crippen molar-refractivity contribution < 1.29 is 9.53 Å². The first-order valence-electron chi connectivity index (χ1n) is 10.5. The van der Waals surface area contributed by atoms with Crippen LogP contribution in [-0.2, 0) is 4.74 Å². The summed E-state index contributed by atoms with van der Waals surface area (Å²) in [5.41, 5.74) is 1.58. The summed E-state index contributed by atoms with van der Waals surface area (Å²) >= 11 is 0. The molecule has 0 bridgehead atoms. The van der Waals surface area contributed by atoms with Crippen LogP contribution in [0.4, 0.5) is 22.1 Å². The molecule has 0 fully saturated rings. The van der Waals surface area contributed by atoms with Crippen molar-refractivity contribution in [1.82, 2.24) is 14.5 Å². The Labute approximate surface area is 191 Å². The average Bonchev–Trinajstić information content (AvgIpc) is 2.78. The first-order chi connectivity index (χ1) is 15.7. The molecule has 2 aromatic carbocycles. The zero-order valence-corrected chi connectivity index (χ0v) is 18.9. The van der Waals surface area contributed by atoms with Crippen LogP contribution in [-0.4, -0.2) is 33.3 Å². The lowest BCUT2D eigenvalue weighted by Gasteiger charge is -2.25. The van der Waals surface area contributed by atoms with Crippen molar-refractivity contribution in [3.8, 4) is 5.69 Å². The van der Waals surface area contributed by atoms with Gasteiger partial charge in [0.1, 0.15) is 5.60 Å². The van der Waals surface area contributed by atoms with Crippen LogP contribution in [0.1, 0.15) is 20.8 Å². The third-order valence-electron chi connectivity index (χ3n) is 4.81. The number of fused-ring (bicyclic) bond motifs is 1. The number of anilines is 3. The fraction of sp³-hybridized carbons (Fsp3) is 0.200. The van der Waals surface area contributed by atoms with Gasteiger partial charge in [0, 0.05) is 36.1 Å². The second kappa shape index (κ2) is 8.74. The second-order valence-corrected chi connectivity index (χ2v) is 8.53. The topological polar surface area (TPSA) is 89.4 Å². The molecule has 0 radical (unpaired) electrons. The van der Waals surface area contributed by atoms with Gasteiger partial charge in [-0.05, 0) is 57.2 Å². The third kappa shape index (κ3) is 5.01. The Morgan fingerprint density at radius 2 is 1.79 bits per heavy atom. The van der Waals surface area contributed by atoms with Gasteiger partial charge in [-0.1, -0.05) is 24.3 Å². The van der Waals surface area contributed by atoms with Gasteiger partial charge in [-0.2, -0.15) is 4.98 Å². The van der Waals surface area contributed by atoms with E-state index < -0.39 is 11.7 Å². The van der Waals surface area contributed by atoms with E-state index in [9.17, 15) is 9.59 Å². The Morgan fingerprint density at radius 3 is 2.52 bits per heavy atom. The lowest BCUT2D eigenvalue weighted by atomic mass is 10.2. The minimum atomic E-state index is -0.616. The summed E-state index contributed by atoms with van der Waals surface area (Å²) in [7, 11) is 1.63. The first-order valence-corrected chi connectivity index (χ1v) is 10.5. The summed E-state index contributed by atoms with van der Waals surface area (Å²) in [5, 5.41) is 3.86. The van der Waals surface area contributed by atoms with E-state index >= 15 is 0 Å². The SMILES string of the molecule is CN(C(=O)OC(C)(C)C)c1cccc(-n2c(=O)ccc3cnc(Nc4ccccc4)nc32)c1.